The summed E-state index contributed by atoms with van der Waals surface area (Å²) in [7, 11) is 1.93. The first-order chi connectivity index (χ1) is 9.15. The minimum absolute atomic E-state index is 0.250. The second kappa shape index (κ2) is 5.90. The number of nitrogens with one attached hydrogen (secondary N) is 2. The zero-order chi connectivity index (χ0) is 13.7. The summed E-state index contributed by atoms with van der Waals surface area (Å²) in [6, 6.07) is 6.80. The fourth-order valence-electron chi connectivity index (χ4n) is 1.72. The number of urea groups is 1. The van der Waals surface area contributed by atoms with Crippen LogP contribution in [0.2, 0.25) is 0 Å². The number of hydrogen-bond acceptors (Lipinski definition) is 3. The average Bonchev–Trinajstić information content (AvgIpc) is 2.75. The van der Waals surface area contributed by atoms with Crippen LogP contribution in [0.1, 0.15) is 5.82 Å². The molecule has 0 atom stereocenters. The van der Waals surface area contributed by atoms with E-state index in [0.29, 0.717) is 24.3 Å². The van der Waals surface area contributed by atoms with Gasteiger partial charge >= 0.3 is 6.03 Å². The van der Waals surface area contributed by atoms with Gasteiger partial charge in [0, 0.05) is 43.8 Å². The number of benzene rings is 1. The molecule has 2 rings (SSSR count). The second-order valence-electron chi connectivity index (χ2n) is 4.21. The van der Waals surface area contributed by atoms with Crippen molar-refractivity contribution >= 4 is 17.4 Å². The third-order valence-electron chi connectivity index (χ3n) is 2.70. The molecule has 0 aliphatic carbocycles. The van der Waals surface area contributed by atoms with Crippen LogP contribution >= 0.6 is 0 Å². The Bertz CT molecular complexity index is 564. The summed E-state index contributed by atoms with van der Waals surface area (Å²) in [4.78, 5) is 15.8. The summed E-state index contributed by atoms with van der Waals surface area (Å²) < 4.78 is 1.93. The number of carbonyl (C=O) groups is 1. The van der Waals surface area contributed by atoms with Crippen LogP contribution in [-0.4, -0.2) is 22.1 Å². The molecule has 2 aromatic rings. The largest absolute Gasteiger partial charge is 0.399 e. The Morgan fingerprint density at radius 3 is 3.00 bits per heavy atom. The van der Waals surface area contributed by atoms with Crippen molar-refractivity contribution in [3.05, 3.63) is 42.5 Å². The number of rotatable bonds is 4. The van der Waals surface area contributed by atoms with E-state index in [-0.39, 0.29) is 6.03 Å². The van der Waals surface area contributed by atoms with Crippen molar-refractivity contribution in [3.63, 3.8) is 0 Å². The predicted octanol–water partition coefficient (Wildman–Crippen LogP) is 1.37. The summed E-state index contributed by atoms with van der Waals surface area (Å²) >= 11 is 0. The Balaban J connectivity index is 1.77. The van der Waals surface area contributed by atoms with Crippen LogP contribution in [0, 0.1) is 0 Å². The van der Waals surface area contributed by atoms with Crippen molar-refractivity contribution in [2.45, 2.75) is 6.42 Å². The number of amides is 2. The molecule has 6 heteroatoms. The van der Waals surface area contributed by atoms with E-state index in [1.54, 1.807) is 30.5 Å². The van der Waals surface area contributed by atoms with Crippen molar-refractivity contribution in [3.8, 4) is 0 Å². The summed E-state index contributed by atoms with van der Waals surface area (Å²) in [6.07, 6.45) is 4.30. The van der Waals surface area contributed by atoms with E-state index in [9.17, 15) is 4.79 Å². The third kappa shape index (κ3) is 3.74. The lowest BCUT2D eigenvalue weighted by Crippen LogP contribution is -2.30. The molecule has 100 valence electrons. The zero-order valence-electron chi connectivity index (χ0n) is 10.8. The SMILES string of the molecule is Cn1ccnc1CCNC(=O)Nc1cccc(N)c1. The molecule has 2 amide bonds. The van der Waals surface area contributed by atoms with Crippen LogP contribution in [0.4, 0.5) is 16.2 Å². The molecule has 6 nitrogen and oxygen atoms in total. The molecule has 0 saturated heterocycles. The molecule has 0 aliphatic rings. The maximum absolute atomic E-state index is 11.6. The summed E-state index contributed by atoms with van der Waals surface area (Å²) in [6.45, 7) is 0.527. The zero-order valence-corrected chi connectivity index (χ0v) is 10.8. The standard InChI is InChI=1S/C13H17N5O/c1-18-8-7-15-12(18)5-6-16-13(19)17-11-4-2-3-10(14)9-11/h2-4,7-9H,5-6,14H2,1H3,(H2,16,17,19). The molecule has 0 aliphatic heterocycles. The molecule has 0 fully saturated rings. The minimum atomic E-state index is -0.250. The predicted molar refractivity (Wildman–Crippen MR) is 74.8 cm³/mol. The second-order valence-corrected chi connectivity index (χ2v) is 4.21. The highest BCUT2D eigenvalue weighted by Crippen LogP contribution is 2.11. The summed E-state index contributed by atoms with van der Waals surface area (Å²) in [5.74, 6) is 0.934. The maximum atomic E-state index is 11.6. The van der Waals surface area contributed by atoms with E-state index in [0.717, 1.165) is 5.82 Å². The van der Waals surface area contributed by atoms with Crippen LogP contribution in [-0.2, 0) is 13.5 Å². The monoisotopic (exact) mass is 259 g/mol. The first kappa shape index (κ1) is 12.9. The van der Waals surface area contributed by atoms with Gasteiger partial charge in [0.05, 0.1) is 0 Å². The van der Waals surface area contributed by atoms with Crippen molar-refractivity contribution < 1.29 is 4.79 Å². The van der Waals surface area contributed by atoms with Gasteiger partial charge in [0.25, 0.3) is 0 Å². The van der Waals surface area contributed by atoms with Gasteiger partial charge in [-0.3, -0.25) is 0 Å². The van der Waals surface area contributed by atoms with E-state index in [1.165, 1.54) is 0 Å². The van der Waals surface area contributed by atoms with Gasteiger partial charge in [0.1, 0.15) is 5.82 Å². The van der Waals surface area contributed by atoms with Crippen LogP contribution in [0.3, 0.4) is 0 Å². The van der Waals surface area contributed by atoms with Crippen LogP contribution < -0.4 is 16.4 Å². The number of aryl methyl sites for hydroxylation is 1. The lowest BCUT2D eigenvalue weighted by Gasteiger charge is -2.08. The van der Waals surface area contributed by atoms with Gasteiger partial charge in [-0.05, 0) is 18.2 Å². The fraction of sp³-hybridized carbons (Fsp3) is 0.231. The van der Waals surface area contributed by atoms with E-state index >= 15 is 0 Å². The Morgan fingerprint density at radius 2 is 2.32 bits per heavy atom. The molecule has 0 saturated carbocycles. The first-order valence-corrected chi connectivity index (χ1v) is 6.02. The fourth-order valence-corrected chi connectivity index (χ4v) is 1.72. The number of nitrogens with zero attached hydrogens (tertiary/aromatic N) is 2. The highest BCUT2D eigenvalue weighted by molar-refractivity contribution is 5.89. The van der Waals surface area contributed by atoms with Gasteiger partial charge < -0.3 is 20.9 Å². The van der Waals surface area contributed by atoms with E-state index in [1.807, 2.05) is 17.8 Å². The highest BCUT2D eigenvalue weighted by atomic mass is 16.2. The van der Waals surface area contributed by atoms with Gasteiger partial charge in [-0.2, -0.15) is 0 Å². The Kier molecular flexibility index (Phi) is 4.02. The molecule has 4 N–H and O–H groups in total. The van der Waals surface area contributed by atoms with Crippen LogP contribution in [0.5, 0.6) is 0 Å². The molecule has 1 aromatic heterocycles. The van der Waals surface area contributed by atoms with E-state index < -0.39 is 0 Å². The number of carbonyl (C=O) groups excluding carboxylic acids is 1. The van der Waals surface area contributed by atoms with Crippen molar-refractivity contribution in [1.82, 2.24) is 14.9 Å². The topological polar surface area (TPSA) is 85.0 Å². The van der Waals surface area contributed by atoms with Gasteiger partial charge in [0.15, 0.2) is 0 Å². The Morgan fingerprint density at radius 1 is 1.47 bits per heavy atom. The molecule has 1 heterocycles. The van der Waals surface area contributed by atoms with E-state index in [4.69, 9.17) is 5.73 Å². The molecule has 1 aromatic carbocycles. The number of nitrogen functional groups attached to an aromatic ring is 1. The van der Waals surface area contributed by atoms with Crippen LogP contribution in [0.15, 0.2) is 36.7 Å². The van der Waals surface area contributed by atoms with Gasteiger partial charge in [-0.1, -0.05) is 6.07 Å². The highest BCUT2D eigenvalue weighted by Gasteiger charge is 2.03. The molecule has 0 spiro atoms. The smallest absolute Gasteiger partial charge is 0.319 e. The normalized spacial score (nSPS) is 10.2. The van der Waals surface area contributed by atoms with Crippen molar-refractivity contribution in [2.24, 2.45) is 7.05 Å². The maximum Gasteiger partial charge on any atom is 0.319 e. The molecule has 19 heavy (non-hydrogen) atoms. The molecule has 0 bridgehead atoms. The summed E-state index contributed by atoms with van der Waals surface area (Å²) in [5.41, 5.74) is 6.92. The Hall–Kier alpha value is -2.50. The van der Waals surface area contributed by atoms with Crippen LogP contribution in [0.25, 0.3) is 0 Å². The lowest BCUT2D eigenvalue weighted by molar-refractivity contribution is 0.252. The van der Waals surface area contributed by atoms with Gasteiger partial charge in [-0.25, -0.2) is 9.78 Å². The number of imidazole rings is 1. The van der Waals surface area contributed by atoms with Crippen molar-refractivity contribution in [1.29, 1.82) is 0 Å². The molecular weight excluding hydrogens is 242 g/mol. The lowest BCUT2D eigenvalue weighted by atomic mass is 10.3. The quantitative estimate of drug-likeness (QED) is 0.725. The summed E-state index contributed by atoms with van der Waals surface area (Å²) in [5, 5.41) is 5.49. The number of aromatic nitrogens is 2. The average molecular weight is 259 g/mol. The molecule has 0 radical (unpaired) electrons. The van der Waals surface area contributed by atoms with E-state index in [2.05, 4.69) is 15.6 Å². The van der Waals surface area contributed by atoms with Gasteiger partial charge in [-0.15, -0.1) is 0 Å². The van der Waals surface area contributed by atoms with Crippen molar-refractivity contribution in [2.75, 3.05) is 17.6 Å². The van der Waals surface area contributed by atoms with Gasteiger partial charge in [0.2, 0.25) is 0 Å². The number of hydrogen-bond donors (Lipinski definition) is 3. The third-order valence-corrected chi connectivity index (χ3v) is 2.70. The molecular formula is C13H17N5O. The number of nitrogens with two attached hydrogens (primary N) is 1. The molecule has 0 unspecified atom stereocenters. The minimum Gasteiger partial charge on any atom is -0.399 e. The first-order valence-electron chi connectivity index (χ1n) is 6.02. The number of anilines is 2. The Labute approximate surface area is 111 Å².